The monoisotopic (exact) mass is 438 g/mol. The van der Waals surface area contributed by atoms with Gasteiger partial charge in [-0.3, -0.25) is 5.10 Å². The number of nitrogens with one attached hydrogen (secondary N) is 2. The van der Waals surface area contributed by atoms with E-state index < -0.39 is 0 Å². The largest absolute Gasteiger partial charge is 0.351 e. The van der Waals surface area contributed by atoms with E-state index >= 15 is 0 Å². The molecule has 31 heavy (non-hydrogen) atoms. The highest BCUT2D eigenvalue weighted by molar-refractivity contribution is 6.30. The summed E-state index contributed by atoms with van der Waals surface area (Å²) in [6.45, 7) is 6.53. The molecule has 1 saturated heterocycles. The van der Waals surface area contributed by atoms with E-state index in [4.69, 9.17) is 21.7 Å². The number of halogens is 1. The molecule has 0 aliphatic carbocycles. The van der Waals surface area contributed by atoms with E-state index in [0.29, 0.717) is 17.9 Å². The van der Waals surface area contributed by atoms with Crippen LogP contribution in [0.5, 0.6) is 0 Å². The van der Waals surface area contributed by atoms with Crippen LogP contribution in [0.1, 0.15) is 51.1 Å². The third-order valence-electron chi connectivity index (χ3n) is 6.27. The summed E-state index contributed by atoms with van der Waals surface area (Å²) in [7, 11) is 2.18. The second-order valence-electron chi connectivity index (χ2n) is 8.37. The molecule has 0 spiro atoms. The number of aromatic amines is 1. The molecular weight excluding hydrogens is 408 g/mol. The van der Waals surface area contributed by atoms with Gasteiger partial charge < -0.3 is 10.2 Å². The first-order valence-corrected chi connectivity index (χ1v) is 11.6. The fourth-order valence-corrected chi connectivity index (χ4v) is 4.39. The van der Waals surface area contributed by atoms with E-state index in [-0.39, 0.29) is 0 Å². The maximum atomic E-state index is 6.13. The van der Waals surface area contributed by atoms with Crippen LogP contribution in [0, 0.1) is 0 Å². The number of benzene rings is 1. The number of H-pyrrole nitrogens is 1. The smallest absolute Gasteiger partial charge is 0.223 e. The molecule has 1 aliphatic heterocycles. The summed E-state index contributed by atoms with van der Waals surface area (Å²) in [6.07, 6.45) is 6.12. The highest BCUT2D eigenvalue weighted by Gasteiger charge is 2.27. The van der Waals surface area contributed by atoms with Gasteiger partial charge in [0.05, 0.1) is 5.69 Å². The van der Waals surface area contributed by atoms with Gasteiger partial charge in [-0.1, -0.05) is 37.6 Å². The summed E-state index contributed by atoms with van der Waals surface area (Å²) in [5.41, 5.74) is 5.09. The van der Waals surface area contributed by atoms with Gasteiger partial charge in [-0.05, 0) is 64.0 Å². The minimum atomic E-state index is 0.365. The van der Waals surface area contributed by atoms with Crippen molar-refractivity contribution in [3.05, 3.63) is 47.2 Å². The normalized spacial score (nSPS) is 15.5. The Morgan fingerprint density at radius 3 is 2.52 bits per heavy atom. The quantitative estimate of drug-likeness (QED) is 0.502. The molecule has 1 aromatic carbocycles. The molecule has 1 aliphatic rings. The molecule has 4 rings (SSSR count). The number of nitrogens with zero attached hydrogens (tertiary/aromatic N) is 4. The van der Waals surface area contributed by atoms with Crippen molar-refractivity contribution in [3.63, 3.8) is 0 Å². The van der Waals surface area contributed by atoms with E-state index in [1.807, 2.05) is 36.5 Å². The molecule has 1 fully saturated rings. The van der Waals surface area contributed by atoms with E-state index in [2.05, 4.69) is 41.2 Å². The topological polar surface area (TPSA) is 69.7 Å². The molecule has 6 nitrogen and oxygen atoms in total. The van der Waals surface area contributed by atoms with Gasteiger partial charge in [-0.2, -0.15) is 5.10 Å². The zero-order valence-electron chi connectivity index (χ0n) is 18.5. The lowest BCUT2D eigenvalue weighted by molar-refractivity contribution is 0.253. The Balaban J connectivity index is 1.77. The minimum absolute atomic E-state index is 0.365. The molecule has 0 bridgehead atoms. The van der Waals surface area contributed by atoms with Crippen LogP contribution in [-0.4, -0.2) is 51.2 Å². The molecule has 164 valence electrons. The Morgan fingerprint density at radius 1 is 1.13 bits per heavy atom. The first-order chi connectivity index (χ1) is 15.1. The predicted molar refractivity (Wildman–Crippen MR) is 128 cm³/mol. The number of piperidine rings is 1. The molecule has 0 atom stereocenters. The van der Waals surface area contributed by atoms with Gasteiger partial charge in [0.15, 0.2) is 0 Å². The van der Waals surface area contributed by atoms with Crippen LogP contribution in [0.25, 0.3) is 22.5 Å². The second-order valence-corrected chi connectivity index (χ2v) is 8.81. The van der Waals surface area contributed by atoms with E-state index in [9.17, 15) is 0 Å². The van der Waals surface area contributed by atoms with Crippen LogP contribution in [0.2, 0.25) is 5.02 Å². The molecule has 0 saturated carbocycles. The van der Waals surface area contributed by atoms with E-state index in [1.54, 1.807) is 0 Å². The molecule has 3 heterocycles. The third-order valence-corrected chi connectivity index (χ3v) is 6.52. The van der Waals surface area contributed by atoms with Crippen LogP contribution in [-0.2, 0) is 0 Å². The summed E-state index contributed by atoms with van der Waals surface area (Å²) in [5, 5.41) is 12.3. The molecule has 2 N–H and O–H groups in total. The van der Waals surface area contributed by atoms with Crippen molar-refractivity contribution >= 4 is 17.5 Å². The van der Waals surface area contributed by atoms with Crippen LogP contribution in [0.15, 0.2) is 36.5 Å². The number of hydrogen-bond acceptors (Lipinski definition) is 5. The van der Waals surface area contributed by atoms with Gasteiger partial charge >= 0.3 is 0 Å². The molecule has 0 amide bonds. The summed E-state index contributed by atoms with van der Waals surface area (Å²) < 4.78 is 0. The predicted octanol–water partition coefficient (Wildman–Crippen LogP) is 5.60. The SMILES string of the molecule is CCC(CC)Nc1nccc(-c2c(-c3ccc(Cl)cc3)n[nH]c2C2CCN(C)CC2)n1. The number of likely N-dealkylation sites (tertiary alicyclic amines) is 1. The zero-order chi connectivity index (χ0) is 21.8. The second kappa shape index (κ2) is 9.79. The van der Waals surface area contributed by atoms with E-state index in [1.165, 1.54) is 5.69 Å². The average molecular weight is 439 g/mol. The van der Waals surface area contributed by atoms with E-state index in [0.717, 1.165) is 66.3 Å². The Hall–Kier alpha value is -2.44. The molecular formula is C24H31ClN6. The van der Waals surface area contributed by atoms with Gasteiger partial charge in [0, 0.05) is 40.0 Å². The van der Waals surface area contributed by atoms with Crippen molar-refractivity contribution in [2.24, 2.45) is 0 Å². The van der Waals surface area contributed by atoms with Gasteiger partial charge in [0.2, 0.25) is 5.95 Å². The number of anilines is 1. The van der Waals surface area contributed by atoms with Crippen molar-refractivity contribution in [3.8, 4) is 22.5 Å². The highest BCUT2D eigenvalue weighted by Crippen LogP contribution is 2.39. The molecule has 3 aromatic rings. The first kappa shape index (κ1) is 21.8. The Morgan fingerprint density at radius 2 is 1.84 bits per heavy atom. The molecule has 7 heteroatoms. The third kappa shape index (κ3) is 4.91. The Kier molecular flexibility index (Phi) is 6.88. The highest BCUT2D eigenvalue weighted by atomic mass is 35.5. The fourth-order valence-electron chi connectivity index (χ4n) is 4.27. The fraction of sp³-hybridized carbons (Fsp3) is 0.458. The summed E-state index contributed by atoms with van der Waals surface area (Å²) in [4.78, 5) is 11.8. The standard InChI is InChI=1S/C24H31ClN6/c1-4-19(5-2)27-24-26-13-10-20(28-24)21-22(16-6-8-18(25)9-7-16)29-30-23(21)17-11-14-31(3)15-12-17/h6-10,13,17,19H,4-5,11-12,14-15H2,1-3H3,(H,29,30)(H,26,27,28). The maximum absolute atomic E-state index is 6.13. The Bertz CT molecular complexity index is 988. The minimum Gasteiger partial charge on any atom is -0.351 e. The molecule has 0 unspecified atom stereocenters. The maximum Gasteiger partial charge on any atom is 0.223 e. The van der Waals surface area contributed by atoms with Crippen molar-refractivity contribution in [2.75, 3.05) is 25.5 Å². The number of rotatable bonds is 7. The Labute approximate surface area is 189 Å². The summed E-state index contributed by atoms with van der Waals surface area (Å²) >= 11 is 6.13. The van der Waals surface area contributed by atoms with Gasteiger partial charge in [-0.15, -0.1) is 0 Å². The number of aromatic nitrogens is 4. The lowest BCUT2D eigenvalue weighted by Gasteiger charge is -2.28. The average Bonchev–Trinajstić information content (AvgIpc) is 3.24. The molecule has 0 radical (unpaired) electrons. The van der Waals surface area contributed by atoms with Crippen LogP contribution in [0.3, 0.4) is 0 Å². The van der Waals surface area contributed by atoms with Crippen LogP contribution < -0.4 is 5.32 Å². The van der Waals surface area contributed by atoms with Crippen molar-refractivity contribution in [2.45, 2.75) is 51.5 Å². The van der Waals surface area contributed by atoms with Gasteiger partial charge in [-0.25, -0.2) is 9.97 Å². The van der Waals surface area contributed by atoms with Crippen molar-refractivity contribution in [1.82, 2.24) is 25.1 Å². The summed E-state index contributed by atoms with van der Waals surface area (Å²) in [5.74, 6) is 1.11. The number of hydrogen-bond donors (Lipinski definition) is 2. The van der Waals surface area contributed by atoms with Crippen molar-refractivity contribution < 1.29 is 0 Å². The lowest BCUT2D eigenvalue weighted by atomic mass is 9.89. The molecule has 2 aromatic heterocycles. The van der Waals surface area contributed by atoms with Crippen LogP contribution >= 0.6 is 11.6 Å². The van der Waals surface area contributed by atoms with Crippen molar-refractivity contribution in [1.29, 1.82) is 0 Å². The van der Waals surface area contributed by atoms with Crippen LogP contribution in [0.4, 0.5) is 5.95 Å². The lowest BCUT2D eigenvalue weighted by Crippen LogP contribution is -2.29. The summed E-state index contributed by atoms with van der Waals surface area (Å²) in [6, 6.07) is 10.2. The van der Waals surface area contributed by atoms with Gasteiger partial charge in [0.1, 0.15) is 5.69 Å². The van der Waals surface area contributed by atoms with Gasteiger partial charge in [0.25, 0.3) is 0 Å². The zero-order valence-corrected chi connectivity index (χ0v) is 19.3. The first-order valence-electron chi connectivity index (χ1n) is 11.2.